The summed E-state index contributed by atoms with van der Waals surface area (Å²) in [5, 5.41) is 4.51. The van der Waals surface area contributed by atoms with E-state index in [1.807, 2.05) is 48.3 Å². The first-order chi connectivity index (χ1) is 13.7. The molecule has 142 valence electrons. The molecule has 4 aromatic rings. The molecule has 0 saturated carbocycles. The van der Waals surface area contributed by atoms with E-state index in [0.717, 1.165) is 40.4 Å². The maximum Gasteiger partial charge on any atom is 0.139 e. The van der Waals surface area contributed by atoms with Crippen molar-refractivity contribution >= 4 is 16.9 Å². The first-order valence-electron chi connectivity index (χ1n) is 9.26. The van der Waals surface area contributed by atoms with Gasteiger partial charge in [-0.05, 0) is 23.8 Å². The predicted molar refractivity (Wildman–Crippen MR) is 112 cm³/mol. The number of nitrogens with zero attached hydrogens (tertiary/aromatic N) is 4. The molecule has 0 aliphatic carbocycles. The third kappa shape index (κ3) is 3.53. The largest absolute Gasteiger partial charge is 0.496 e. The lowest BCUT2D eigenvalue weighted by atomic mass is 10.00. The molecule has 0 aliphatic heterocycles. The summed E-state index contributed by atoms with van der Waals surface area (Å²) in [5.41, 5.74) is 3.95. The van der Waals surface area contributed by atoms with Crippen LogP contribution in [0.3, 0.4) is 0 Å². The minimum atomic E-state index is 0.275. The van der Waals surface area contributed by atoms with Gasteiger partial charge in [0, 0.05) is 48.9 Å². The number of nitrogens with one attached hydrogen (secondary N) is 1. The number of fused-ring (bicyclic) bond motifs is 1. The van der Waals surface area contributed by atoms with Gasteiger partial charge in [-0.1, -0.05) is 25.1 Å². The van der Waals surface area contributed by atoms with Crippen LogP contribution in [0.15, 0.2) is 61.2 Å². The number of hydrogen-bond donors (Lipinski definition) is 1. The van der Waals surface area contributed by atoms with Crippen LogP contribution < -0.4 is 10.1 Å². The highest BCUT2D eigenvalue weighted by molar-refractivity contribution is 5.81. The van der Waals surface area contributed by atoms with Crippen molar-refractivity contribution in [3.8, 4) is 17.0 Å². The molecule has 1 atom stereocenters. The van der Waals surface area contributed by atoms with Crippen LogP contribution in [0, 0.1) is 0 Å². The minimum Gasteiger partial charge on any atom is -0.496 e. The van der Waals surface area contributed by atoms with E-state index in [1.54, 1.807) is 13.4 Å². The number of para-hydroxylation sites is 1. The van der Waals surface area contributed by atoms with Crippen LogP contribution in [-0.4, -0.2) is 33.2 Å². The van der Waals surface area contributed by atoms with Crippen LogP contribution in [0.25, 0.3) is 22.3 Å². The van der Waals surface area contributed by atoms with Crippen LogP contribution in [0.4, 0.5) is 5.82 Å². The molecule has 0 fully saturated rings. The zero-order chi connectivity index (χ0) is 19.5. The van der Waals surface area contributed by atoms with Gasteiger partial charge >= 0.3 is 0 Å². The van der Waals surface area contributed by atoms with Crippen LogP contribution in [0.1, 0.15) is 18.4 Å². The number of ether oxygens (including phenoxy) is 1. The third-order valence-electron chi connectivity index (χ3n) is 4.93. The molecule has 0 amide bonds. The van der Waals surface area contributed by atoms with Crippen molar-refractivity contribution in [3.63, 3.8) is 0 Å². The Kier molecular flexibility index (Phi) is 4.93. The van der Waals surface area contributed by atoms with Crippen LogP contribution >= 0.6 is 0 Å². The Labute approximate surface area is 164 Å². The van der Waals surface area contributed by atoms with E-state index in [1.165, 1.54) is 5.56 Å². The maximum absolute atomic E-state index is 5.47. The van der Waals surface area contributed by atoms with E-state index in [-0.39, 0.29) is 5.92 Å². The molecule has 28 heavy (non-hydrogen) atoms. The molecular formula is C22H23N5O. The number of aryl methyl sites for hydroxylation is 1. The molecule has 6 nitrogen and oxygen atoms in total. The highest BCUT2D eigenvalue weighted by Crippen LogP contribution is 2.27. The lowest BCUT2D eigenvalue weighted by molar-refractivity contribution is 0.407. The Morgan fingerprint density at radius 2 is 1.96 bits per heavy atom. The van der Waals surface area contributed by atoms with Gasteiger partial charge < -0.3 is 14.6 Å². The van der Waals surface area contributed by atoms with Crippen LogP contribution in [0.5, 0.6) is 5.75 Å². The second-order valence-electron chi connectivity index (χ2n) is 6.88. The summed E-state index contributed by atoms with van der Waals surface area (Å²) in [5.74, 6) is 1.97. The minimum absolute atomic E-state index is 0.275. The summed E-state index contributed by atoms with van der Waals surface area (Å²) in [6.45, 7) is 2.91. The van der Waals surface area contributed by atoms with Gasteiger partial charge in [-0.15, -0.1) is 0 Å². The average molecular weight is 373 g/mol. The summed E-state index contributed by atoms with van der Waals surface area (Å²) in [6.07, 6.45) is 5.44. The quantitative estimate of drug-likeness (QED) is 0.547. The molecule has 4 rings (SSSR count). The Morgan fingerprint density at radius 1 is 1.11 bits per heavy atom. The van der Waals surface area contributed by atoms with E-state index < -0.39 is 0 Å². The smallest absolute Gasteiger partial charge is 0.139 e. The van der Waals surface area contributed by atoms with Crippen molar-refractivity contribution in [1.82, 2.24) is 19.5 Å². The molecule has 6 heteroatoms. The fraction of sp³-hybridized carbons (Fsp3) is 0.227. The standard InChI is InChI=1S/C22H23N5O/c1-15(18-6-4-5-7-20(18)28-3)12-23-21-11-19(25-14-26-21)17-10-16-8-9-27(2)22(16)24-13-17/h4-11,13-15H,12H2,1-3H3,(H,23,25,26)/t15-/m1/s1. The fourth-order valence-corrected chi connectivity index (χ4v) is 3.35. The van der Waals surface area contributed by atoms with Crippen molar-refractivity contribution in [2.75, 3.05) is 19.0 Å². The second-order valence-corrected chi connectivity index (χ2v) is 6.88. The van der Waals surface area contributed by atoms with Crippen molar-refractivity contribution in [3.05, 3.63) is 66.7 Å². The molecule has 3 aromatic heterocycles. The lowest BCUT2D eigenvalue weighted by Crippen LogP contribution is -2.12. The SMILES string of the molecule is COc1ccccc1[C@H](C)CNc1cc(-c2cnc3c(ccn3C)c2)ncn1. The van der Waals surface area contributed by atoms with E-state index >= 15 is 0 Å². The van der Waals surface area contributed by atoms with Crippen molar-refractivity contribution in [1.29, 1.82) is 0 Å². The fourth-order valence-electron chi connectivity index (χ4n) is 3.35. The Morgan fingerprint density at radius 3 is 2.82 bits per heavy atom. The molecule has 3 heterocycles. The van der Waals surface area contributed by atoms with Gasteiger partial charge in [-0.25, -0.2) is 15.0 Å². The summed E-state index contributed by atoms with van der Waals surface area (Å²) >= 11 is 0. The molecule has 0 spiro atoms. The molecule has 0 bridgehead atoms. The van der Waals surface area contributed by atoms with E-state index in [0.29, 0.717) is 0 Å². The molecule has 0 saturated heterocycles. The summed E-state index contributed by atoms with van der Waals surface area (Å²) in [7, 11) is 3.69. The highest BCUT2D eigenvalue weighted by Gasteiger charge is 2.11. The topological polar surface area (TPSA) is 64.9 Å². The van der Waals surface area contributed by atoms with Crippen molar-refractivity contribution in [2.45, 2.75) is 12.8 Å². The van der Waals surface area contributed by atoms with Crippen molar-refractivity contribution < 1.29 is 4.74 Å². The number of hydrogen-bond acceptors (Lipinski definition) is 5. The molecular weight excluding hydrogens is 350 g/mol. The van der Waals surface area contributed by atoms with Gasteiger partial charge in [-0.2, -0.15) is 0 Å². The summed E-state index contributed by atoms with van der Waals surface area (Å²) in [6, 6.07) is 14.2. The molecule has 0 aliphatic rings. The predicted octanol–water partition coefficient (Wildman–Crippen LogP) is 4.25. The van der Waals surface area contributed by atoms with Crippen molar-refractivity contribution in [2.24, 2.45) is 7.05 Å². The number of anilines is 1. The van der Waals surface area contributed by atoms with Gasteiger partial charge in [0.2, 0.25) is 0 Å². The monoisotopic (exact) mass is 373 g/mol. The second kappa shape index (κ2) is 7.68. The van der Waals surface area contributed by atoms with Gasteiger partial charge in [0.15, 0.2) is 0 Å². The third-order valence-corrected chi connectivity index (χ3v) is 4.93. The van der Waals surface area contributed by atoms with Gasteiger partial charge in [0.1, 0.15) is 23.5 Å². The molecule has 0 unspecified atom stereocenters. The molecule has 0 radical (unpaired) electrons. The Hall–Kier alpha value is -3.41. The van der Waals surface area contributed by atoms with E-state index in [9.17, 15) is 0 Å². The van der Waals surface area contributed by atoms with E-state index in [4.69, 9.17) is 4.74 Å². The Bertz CT molecular complexity index is 1100. The zero-order valence-electron chi connectivity index (χ0n) is 16.3. The highest BCUT2D eigenvalue weighted by atomic mass is 16.5. The Balaban J connectivity index is 1.52. The van der Waals surface area contributed by atoms with E-state index in [2.05, 4.69) is 45.4 Å². The summed E-state index contributed by atoms with van der Waals surface area (Å²) in [4.78, 5) is 13.3. The first-order valence-corrected chi connectivity index (χ1v) is 9.26. The van der Waals surface area contributed by atoms with Gasteiger partial charge in [0.25, 0.3) is 0 Å². The number of rotatable bonds is 6. The normalized spacial score (nSPS) is 12.1. The van der Waals surface area contributed by atoms with Gasteiger partial charge in [0.05, 0.1) is 12.8 Å². The summed E-state index contributed by atoms with van der Waals surface area (Å²) < 4.78 is 7.48. The van der Waals surface area contributed by atoms with Gasteiger partial charge in [-0.3, -0.25) is 0 Å². The number of pyridine rings is 1. The van der Waals surface area contributed by atoms with Crippen LogP contribution in [-0.2, 0) is 7.05 Å². The van der Waals surface area contributed by atoms with Crippen LogP contribution in [0.2, 0.25) is 0 Å². The average Bonchev–Trinajstić information content (AvgIpc) is 3.12. The number of aromatic nitrogens is 4. The zero-order valence-corrected chi connectivity index (χ0v) is 16.3. The maximum atomic E-state index is 5.47. The first kappa shape index (κ1) is 18.0. The lowest BCUT2D eigenvalue weighted by Gasteiger charge is -2.16. The molecule has 1 N–H and O–H groups in total. The number of benzene rings is 1. The number of methoxy groups -OCH3 is 1. The molecule has 1 aromatic carbocycles.